The molecule has 4 rings (SSSR count). The molecular weight excluding hydrogens is 428 g/mol. The van der Waals surface area contributed by atoms with E-state index in [1.807, 2.05) is 36.4 Å². The molecule has 0 spiro atoms. The third-order valence-electron chi connectivity index (χ3n) is 5.25. The summed E-state index contributed by atoms with van der Waals surface area (Å²) in [6.45, 7) is 1.94. The van der Waals surface area contributed by atoms with Gasteiger partial charge in [0, 0.05) is 11.2 Å². The standard InChI is InChI=1S/C24H21ClN4O3/c1-16(22(30)27-14-19-9-5-6-12-26-19)29-21-13-18(25)10-11-20(21)23(31)28(24(29)32)15-17-7-3-2-4-8-17/h2-13,16H,14-15H2,1H3,(H,27,30). The van der Waals surface area contributed by atoms with Crippen molar-refractivity contribution >= 4 is 28.4 Å². The fourth-order valence-electron chi connectivity index (χ4n) is 3.58. The number of aromatic nitrogens is 3. The normalized spacial score (nSPS) is 11.9. The van der Waals surface area contributed by atoms with Crippen molar-refractivity contribution in [2.75, 3.05) is 0 Å². The fraction of sp³-hybridized carbons (Fsp3) is 0.167. The van der Waals surface area contributed by atoms with Crippen LogP contribution in [0.1, 0.15) is 24.2 Å². The lowest BCUT2D eigenvalue weighted by Crippen LogP contribution is -2.44. The number of nitrogens with one attached hydrogen (secondary N) is 1. The van der Waals surface area contributed by atoms with Crippen LogP contribution in [0, 0.1) is 0 Å². The molecule has 1 amide bonds. The van der Waals surface area contributed by atoms with Gasteiger partial charge in [0.2, 0.25) is 5.91 Å². The van der Waals surface area contributed by atoms with Gasteiger partial charge in [-0.15, -0.1) is 0 Å². The molecule has 1 atom stereocenters. The summed E-state index contributed by atoms with van der Waals surface area (Å²) in [4.78, 5) is 43.7. The maximum atomic E-state index is 13.4. The van der Waals surface area contributed by atoms with Crippen LogP contribution in [-0.4, -0.2) is 20.0 Å². The summed E-state index contributed by atoms with van der Waals surface area (Å²) < 4.78 is 2.47. The van der Waals surface area contributed by atoms with Gasteiger partial charge < -0.3 is 5.32 Å². The van der Waals surface area contributed by atoms with E-state index in [0.29, 0.717) is 21.6 Å². The number of benzene rings is 2. The van der Waals surface area contributed by atoms with E-state index in [0.717, 1.165) is 10.1 Å². The van der Waals surface area contributed by atoms with Gasteiger partial charge in [-0.25, -0.2) is 4.79 Å². The zero-order chi connectivity index (χ0) is 22.7. The van der Waals surface area contributed by atoms with Crippen LogP contribution in [0.25, 0.3) is 10.9 Å². The molecule has 4 aromatic rings. The molecule has 162 valence electrons. The molecule has 2 aromatic heterocycles. The van der Waals surface area contributed by atoms with Crippen molar-refractivity contribution in [3.05, 3.63) is 110 Å². The number of rotatable bonds is 6. The third-order valence-corrected chi connectivity index (χ3v) is 5.49. The first-order valence-electron chi connectivity index (χ1n) is 10.1. The molecule has 0 saturated heterocycles. The Labute approximate surface area is 188 Å². The quantitative estimate of drug-likeness (QED) is 0.491. The Bertz CT molecular complexity index is 1380. The first-order chi connectivity index (χ1) is 15.5. The Balaban J connectivity index is 1.78. The monoisotopic (exact) mass is 448 g/mol. The predicted octanol–water partition coefficient (Wildman–Crippen LogP) is 3.14. The van der Waals surface area contributed by atoms with Crippen LogP contribution in [0.3, 0.4) is 0 Å². The summed E-state index contributed by atoms with van der Waals surface area (Å²) in [5, 5.41) is 3.49. The van der Waals surface area contributed by atoms with Gasteiger partial charge in [0.25, 0.3) is 5.56 Å². The number of hydrogen-bond donors (Lipinski definition) is 1. The van der Waals surface area contributed by atoms with E-state index in [1.165, 1.54) is 10.6 Å². The Morgan fingerprint density at radius 2 is 1.81 bits per heavy atom. The zero-order valence-corrected chi connectivity index (χ0v) is 18.1. The summed E-state index contributed by atoms with van der Waals surface area (Å²) in [6, 6.07) is 18.5. The first-order valence-corrected chi connectivity index (χ1v) is 10.5. The summed E-state index contributed by atoms with van der Waals surface area (Å²) in [5.74, 6) is -0.371. The maximum absolute atomic E-state index is 13.4. The van der Waals surface area contributed by atoms with Crippen LogP contribution in [0.4, 0.5) is 0 Å². The van der Waals surface area contributed by atoms with Gasteiger partial charge in [0.05, 0.1) is 29.7 Å². The second kappa shape index (κ2) is 9.20. The van der Waals surface area contributed by atoms with Crippen molar-refractivity contribution < 1.29 is 4.79 Å². The highest BCUT2D eigenvalue weighted by Crippen LogP contribution is 2.19. The highest BCUT2D eigenvalue weighted by atomic mass is 35.5. The Kier molecular flexibility index (Phi) is 6.18. The largest absolute Gasteiger partial charge is 0.349 e. The maximum Gasteiger partial charge on any atom is 0.332 e. The van der Waals surface area contributed by atoms with E-state index < -0.39 is 17.3 Å². The molecule has 0 aliphatic carbocycles. The average molecular weight is 449 g/mol. The fourth-order valence-corrected chi connectivity index (χ4v) is 3.74. The van der Waals surface area contributed by atoms with Gasteiger partial charge in [-0.3, -0.25) is 23.7 Å². The van der Waals surface area contributed by atoms with Crippen LogP contribution in [0.2, 0.25) is 5.02 Å². The van der Waals surface area contributed by atoms with Gasteiger partial charge in [-0.05, 0) is 42.8 Å². The number of carbonyl (C=O) groups is 1. The molecule has 32 heavy (non-hydrogen) atoms. The molecule has 0 radical (unpaired) electrons. The minimum Gasteiger partial charge on any atom is -0.349 e. The van der Waals surface area contributed by atoms with Crippen LogP contribution >= 0.6 is 11.6 Å². The number of fused-ring (bicyclic) bond motifs is 1. The second-order valence-electron chi connectivity index (χ2n) is 7.41. The van der Waals surface area contributed by atoms with Crippen molar-refractivity contribution in [1.82, 2.24) is 19.4 Å². The van der Waals surface area contributed by atoms with Crippen molar-refractivity contribution in [1.29, 1.82) is 0 Å². The van der Waals surface area contributed by atoms with E-state index in [-0.39, 0.29) is 19.0 Å². The lowest BCUT2D eigenvalue weighted by atomic mass is 10.2. The highest BCUT2D eigenvalue weighted by Gasteiger charge is 2.22. The van der Waals surface area contributed by atoms with Crippen molar-refractivity contribution in [3.63, 3.8) is 0 Å². The molecule has 8 heteroatoms. The summed E-state index contributed by atoms with van der Waals surface area (Å²) in [6.07, 6.45) is 1.64. The van der Waals surface area contributed by atoms with Gasteiger partial charge >= 0.3 is 5.69 Å². The second-order valence-corrected chi connectivity index (χ2v) is 7.84. The molecule has 1 N–H and O–H groups in total. The van der Waals surface area contributed by atoms with E-state index in [4.69, 9.17) is 11.6 Å². The predicted molar refractivity (Wildman–Crippen MR) is 124 cm³/mol. The Morgan fingerprint density at radius 3 is 2.53 bits per heavy atom. The topological polar surface area (TPSA) is 86.0 Å². The highest BCUT2D eigenvalue weighted by molar-refractivity contribution is 6.31. The van der Waals surface area contributed by atoms with E-state index in [2.05, 4.69) is 10.3 Å². The molecule has 0 saturated carbocycles. The molecule has 0 fully saturated rings. The van der Waals surface area contributed by atoms with E-state index >= 15 is 0 Å². The van der Waals surface area contributed by atoms with Crippen LogP contribution in [-0.2, 0) is 17.9 Å². The molecule has 7 nitrogen and oxygen atoms in total. The number of carbonyl (C=O) groups excluding carboxylic acids is 1. The molecule has 2 aromatic carbocycles. The van der Waals surface area contributed by atoms with Crippen LogP contribution in [0.15, 0.2) is 82.5 Å². The van der Waals surface area contributed by atoms with E-state index in [1.54, 1.807) is 37.4 Å². The number of pyridine rings is 1. The Morgan fingerprint density at radius 1 is 1.06 bits per heavy atom. The molecule has 0 aliphatic heterocycles. The summed E-state index contributed by atoms with van der Waals surface area (Å²) in [7, 11) is 0. The minimum absolute atomic E-state index is 0.0966. The number of nitrogens with zero attached hydrogens (tertiary/aromatic N) is 3. The number of halogens is 1. The van der Waals surface area contributed by atoms with Crippen molar-refractivity contribution in [3.8, 4) is 0 Å². The van der Waals surface area contributed by atoms with Crippen molar-refractivity contribution in [2.45, 2.75) is 26.1 Å². The first kappa shape index (κ1) is 21.5. The Hall–Kier alpha value is -3.71. The molecule has 0 aliphatic rings. The molecule has 0 bridgehead atoms. The van der Waals surface area contributed by atoms with Crippen LogP contribution in [0.5, 0.6) is 0 Å². The SMILES string of the molecule is CC(C(=O)NCc1ccccn1)n1c(=O)n(Cc2ccccc2)c(=O)c2ccc(Cl)cc21. The van der Waals surface area contributed by atoms with Gasteiger partial charge in [0.15, 0.2) is 0 Å². The number of amides is 1. The zero-order valence-electron chi connectivity index (χ0n) is 17.4. The summed E-state index contributed by atoms with van der Waals surface area (Å²) in [5.41, 5.74) is 0.815. The molecular formula is C24H21ClN4O3. The van der Waals surface area contributed by atoms with Gasteiger partial charge in [-0.2, -0.15) is 0 Å². The van der Waals surface area contributed by atoms with Crippen molar-refractivity contribution in [2.24, 2.45) is 0 Å². The van der Waals surface area contributed by atoms with Gasteiger partial charge in [0.1, 0.15) is 6.04 Å². The average Bonchev–Trinajstić information content (AvgIpc) is 2.81. The summed E-state index contributed by atoms with van der Waals surface area (Å²) >= 11 is 6.16. The van der Waals surface area contributed by atoms with Crippen LogP contribution < -0.4 is 16.6 Å². The van der Waals surface area contributed by atoms with Gasteiger partial charge in [-0.1, -0.05) is 48.0 Å². The molecule has 1 unspecified atom stereocenters. The number of hydrogen-bond acceptors (Lipinski definition) is 4. The lowest BCUT2D eigenvalue weighted by Gasteiger charge is -2.20. The van der Waals surface area contributed by atoms with E-state index in [9.17, 15) is 14.4 Å². The molecule has 2 heterocycles. The smallest absolute Gasteiger partial charge is 0.332 e. The minimum atomic E-state index is -0.880. The third kappa shape index (κ3) is 4.33. The lowest BCUT2D eigenvalue weighted by molar-refractivity contribution is -0.124.